The minimum Gasteiger partial charge on any atom is -0.457 e. The summed E-state index contributed by atoms with van der Waals surface area (Å²) in [6.07, 6.45) is 2.93. The van der Waals surface area contributed by atoms with E-state index in [9.17, 15) is 4.79 Å². The van der Waals surface area contributed by atoms with Crippen LogP contribution in [0.4, 0.5) is 5.69 Å². The number of carbonyl (C=O) groups excluding carboxylic acids is 1. The molecule has 0 spiro atoms. The third-order valence-electron chi connectivity index (χ3n) is 5.45. The van der Waals surface area contributed by atoms with E-state index < -0.39 is 0 Å². The lowest BCUT2D eigenvalue weighted by molar-refractivity contribution is -0.116. The van der Waals surface area contributed by atoms with Crippen molar-refractivity contribution in [2.24, 2.45) is 0 Å². The van der Waals surface area contributed by atoms with Gasteiger partial charge in [-0.1, -0.05) is 42.5 Å². The van der Waals surface area contributed by atoms with Gasteiger partial charge in [0.25, 0.3) is 0 Å². The molecule has 2 N–H and O–H groups in total. The highest BCUT2D eigenvalue weighted by Gasteiger charge is 2.28. The van der Waals surface area contributed by atoms with E-state index in [2.05, 4.69) is 5.32 Å². The molecule has 0 aromatic heterocycles. The first-order chi connectivity index (χ1) is 15.7. The number of amides is 1. The number of rotatable bonds is 9. The maximum Gasteiger partial charge on any atom is 0.225 e. The topological polar surface area (TPSA) is 67.8 Å². The fourth-order valence-corrected chi connectivity index (χ4v) is 4.45. The fourth-order valence-electron chi connectivity index (χ4n) is 3.91. The molecule has 1 heterocycles. The molecule has 1 aliphatic rings. The first-order valence-corrected chi connectivity index (χ1v) is 11.9. The summed E-state index contributed by atoms with van der Waals surface area (Å²) in [7, 11) is 0. The number of hydrogen-bond acceptors (Lipinski definition) is 5. The third kappa shape index (κ3) is 5.15. The monoisotopic (exact) mass is 449 g/mol. The Morgan fingerprint density at radius 1 is 1.06 bits per heavy atom. The van der Waals surface area contributed by atoms with Crippen LogP contribution in [0.15, 0.2) is 71.6 Å². The molecule has 0 saturated carbocycles. The van der Waals surface area contributed by atoms with E-state index in [1.807, 2.05) is 73.0 Å². The van der Waals surface area contributed by atoms with Crippen LogP contribution in [0.3, 0.4) is 0 Å². The number of ether oxygens (including phenoxy) is 2. The maximum absolute atomic E-state index is 13.2. The second-order valence-electron chi connectivity index (χ2n) is 7.65. The average Bonchev–Trinajstić information content (AvgIpc) is 2.82. The summed E-state index contributed by atoms with van der Waals surface area (Å²) < 4.78 is 11.6. The van der Waals surface area contributed by atoms with Crippen LogP contribution in [-0.4, -0.2) is 30.5 Å². The van der Waals surface area contributed by atoms with Gasteiger partial charge < -0.3 is 19.9 Å². The quantitative estimate of drug-likeness (QED) is 0.330. The van der Waals surface area contributed by atoms with Crippen molar-refractivity contribution in [2.45, 2.75) is 30.3 Å². The number of aliphatic hydroxyl groups is 1. The van der Waals surface area contributed by atoms with E-state index in [0.29, 0.717) is 26.1 Å². The summed E-state index contributed by atoms with van der Waals surface area (Å²) in [6, 6.07) is 21.8. The number of carbonyl (C=O) groups is 1. The number of thioether (sulfide) groups is 1. The van der Waals surface area contributed by atoms with Gasteiger partial charge in [0.15, 0.2) is 0 Å². The number of aliphatic hydroxyl groups excluding tert-OH is 1. The largest absolute Gasteiger partial charge is 0.457 e. The summed E-state index contributed by atoms with van der Waals surface area (Å²) in [5.41, 5.74) is 3.83. The Kier molecular flexibility index (Phi) is 7.47. The molecule has 32 heavy (non-hydrogen) atoms. The van der Waals surface area contributed by atoms with Crippen molar-refractivity contribution >= 4 is 23.4 Å². The van der Waals surface area contributed by atoms with Crippen molar-refractivity contribution in [3.63, 3.8) is 0 Å². The van der Waals surface area contributed by atoms with E-state index >= 15 is 0 Å². The number of nitrogens with one attached hydrogen (secondary N) is 1. The van der Waals surface area contributed by atoms with Crippen LogP contribution in [-0.2, 0) is 16.1 Å². The molecular formula is C26H27NO4S. The molecule has 0 unspecified atom stereocenters. The zero-order chi connectivity index (χ0) is 22.3. The van der Waals surface area contributed by atoms with Crippen LogP contribution < -0.4 is 10.1 Å². The van der Waals surface area contributed by atoms with Crippen molar-refractivity contribution in [3.8, 4) is 11.5 Å². The minimum absolute atomic E-state index is 0.0462. The zero-order valence-corrected chi connectivity index (χ0v) is 18.9. The highest BCUT2D eigenvalue weighted by Crippen LogP contribution is 2.45. The Labute approximate surface area is 192 Å². The van der Waals surface area contributed by atoms with Gasteiger partial charge in [-0.3, -0.25) is 4.79 Å². The zero-order valence-electron chi connectivity index (χ0n) is 18.0. The second kappa shape index (κ2) is 10.7. The van der Waals surface area contributed by atoms with Gasteiger partial charge in [-0.15, -0.1) is 11.8 Å². The summed E-state index contributed by atoms with van der Waals surface area (Å²) in [6.45, 7) is 1.06. The smallest absolute Gasteiger partial charge is 0.225 e. The van der Waals surface area contributed by atoms with Crippen molar-refractivity contribution in [1.82, 2.24) is 0 Å². The molecule has 5 nitrogen and oxygen atoms in total. The number of fused-ring (bicyclic) bond motifs is 2. The Morgan fingerprint density at radius 2 is 1.75 bits per heavy atom. The molecule has 166 valence electrons. The lowest BCUT2D eigenvalue weighted by atomic mass is 9.85. The number of hydrogen-bond donors (Lipinski definition) is 2. The summed E-state index contributed by atoms with van der Waals surface area (Å²) in [4.78, 5) is 14.2. The van der Waals surface area contributed by atoms with Gasteiger partial charge in [-0.25, -0.2) is 0 Å². The number of benzene rings is 3. The Morgan fingerprint density at radius 3 is 2.41 bits per heavy atom. The van der Waals surface area contributed by atoms with Gasteiger partial charge >= 0.3 is 0 Å². The second-order valence-corrected chi connectivity index (χ2v) is 8.50. The van der Waals surface area contributed by atoms with Crippen LogP contribution in [0.2, 0.25) is 0 Å². The molecule has 1 aliphatic heterocycles. The fraction of sp³-hybridized carbons (Fsp3) is 0.269. The standard InChI is InChI=1S/C26H27NO4S/c1-32-25-12-11-18(17-30-14-6-13-28)15-22(25)27-26(29)16-21-19-7-2-4-9-23(19)31-24-10-5-3-8-20(21)24/h2-5,7-12,15,21,28H,6,13-14,16-17H2,1H3,(H,27,29). The van der Waals surface area contributed by atoms with Gasteiger partial charge in [0, 0.05) is 41.6 Å². The molecule has 0 fully saturated rings. The predicted octanol–water partition coefficient (Wildman–Crippen LogP) is 5.57. The maximum atomic E-state index is 13.2. The van der Waals surface area contributed by atoms with Crippen LogP contribution in [0.25, 0.3) is 0 Å². The van der Waals surface area contributed by atoms with Crippen molar-refractivity contribution < 1.29 is 19.4 Å². The van der Waals surface area contributed by atoms with Gasteiger partial charge in [0.2, 0.25) is 5.91 Å². The van der Waals surface area contributed by atoms with Gasteiger partial charge in [-0.2, -0.15) is 0 Å². The lowest BCUT2D eigenvalue weighted by Gasteiger charge is -2.28. The van der Waals surface area contributed by atoms with Crippen LogP contribution in [0, 0.1) is 0 Å². The molecule has 3 aromatic rings. The molecule has 0 saturated heterocycles. The Balaban J connectivity index is 1.52. The molecule has 0 atom stereocenters. The highest BCUT2D eigenvalue weighted by atomic mass is 32.2. The summed E-state index contributed by atoms with van der Waals surface area (Å²) in [5, 5.41) is 12.0. The predicted molar refractivity (Wildman–Crippen MR) is 128 cm³/mol. The van der Waals surface area contributed by atoms with E-state index in [4.69, 9.17) is 14.6 Å². The normalized spacial score (nSPS) is 12.6. The summed E-state index contributed by atoms with van der Waals surface area (Å²) >= 11 is 1.59. The molecule has 0 bridgehead atoms. The van der Waals surface area contributed by atoms with E-state index in [1.54, 1.807) is 11.8 Å². The number of para-hydroxylation sites is 2. The molecule has 3 aromatic carbocycles. The van der Waals surface area contributed by atoms with Crippen molar-refractivity contribution in [2.75, 3.05) is 24.8 Å². The lowest BCUT2D eigenvalue weighted by Crippen LogP contribution is -2.19. The molecule has 1 amide bonds. The van der Waals surface area contributed by atoms with Gasteiger partial charge in [0.05, 0.1) is 12.3 Å². The highest BCUT2D eigenvalue weighted by molar-refractivity contribution is 7.98. The Bertz CT molecular complexity index is 1040. The van der Waals surface area contributed by atoms with Crippen LogP contribution in [0.1, 0.15) is 35.4 Å². The van der Waals surface area contributed by atoms with Crippen molar-refractivity contribution in [1.29, 1.82) is 0 Å². The SMILES string of the molecule is CSc1ccc(COCCCO)cc1NC(=O)CC1c2ccccc2Oc2ccccc21. The average molecular weight is 450 g/mol. The Hall–Kier alpha value is -2.80. The van der Waals surface area contributed by atoms with Gasteiger partial charge in [-0.05, 0) is 42.5 Å². The third-order valence-corrected chi connectivity index (χ3v) is 6.25. The molecule has 0 radical (unpaired) electrons. The number of anilines is 1. The van der Waals surface area contributed by atoms with Crippen LogP contribution >= 0.6 is 11.8 Å². The van der Waals surface area contributed by atoms with E-state index in [1.165, 1.54) is 0 Å². The first kappa shape index (κ1) is 22.4. The molecule has 6 heteroatoms. The molecule has 4 rings (SSSR count). The molecular weight excluding hydrogens is 422 g/mol. The van der Waals surface area contributed by atoms with Gasteiger partial charge in [0.1, 0.15) is 11.5 Å². The van der Waals surface area contributed by atoms with E-state index in [0.717, 1.165) is 38.8 Å². The molecule has 0 aliphatic carbocycles. The minimum atomic E-state index is -0.0705. The van der Waals surface area contributed by atoms with Crippen LogP contribution in [0.5, 0.6) is 11.5 Å². The van der Waals surface area contributed by atoms with E-state index in [-0.39, 0.29) is 18.4 Å². The van der Waals surface area contributed by atoms with Crippen molar-refractivity contribution in [3.05, 3.63) is 83.4 Å². The first-order valence-electron chi connectivity index (χ1n) is 10.7. The summed E-state index contributed by atoms with van der Waals surface area (Å²) in [5.74, 6) is 1.49.